The number of halogens is 3. The van der Waals surface area contributed by atoms with Crippen molar-refractivity contribution < 1.29 is 18.3 Å². The summed E-state index contributed by atoms with van der Waals surface area (Å²) in [6.07, 6.45) is -4.81. The molecule has 1 nitrogen and oxygen atoms in total. The lowest BCUT2D eigenvalue weighted by Gasteiger charge is -2.11. The topological polar surface area (TPSA) is 20.2 Å². The average Bonchev–Trinajstić information content (AvgIpc) is 1.79. The Labute approximate surface area is 64.2 Å². The molecule has 0 aromatic rings. The smallest absolute Gasteiger partial charge is 0.391 e. The summed E-state index contributed by atoms with van der Waals surface area (Å²) in [7, 11) is 0. The first kappa shape index (κ1) is 10.8. The van der Waals surface area contributed by atoms with Gasteiger partial charge in [-0.1, -0.05) is 19.8 Å². The van der Waals surface area contributed by atoms with E-state index in [4.69, 9.17) is 5.11 Å². The van der Waals surface area contributed by atoms with Gasteiger partial charge in [0.25, 0.3) is 0 Å². The van der Waals surface area contributed by atoms with E-state index in [1.165, 1.54) is 0 Å². The first-order valence-electron chi connectivity index (χ1n) is 3.70. The number of aliphatic hydroxyl groups is 1. The van der Waals surface area contributed by atoms with Gasteiger partial charge < -0.3 is 5.11 Å². The fraction of sp³-hybridized carbons (Fsp3) is 1.00. The lowest BCUT2D eigenvalue weighted by molar-refractivity contribution is -0.154. The summed E-state index contributed by atoms with van der Waals surface area (Å²) in [6.45, 7) is 1.88. The molecule has 4 heteroatoms. The van der Waals surface area contributed by atoms with Gasteiger partial charge in [-0.2, -0.15) is 13.2 Å². The molecular formula is C7H13F3O. The van der Waals surface area contributed by atoms with Gasteiger partial charge in [0.1, 0.15) is 0 Å². The highest BCUT2D eigenvalue weighted by molar-refractivity contribution is 4.61. The number of rotatable bonds is 4. The SMILES string of the molecule is CCCCC(O)CC(F)(F)F. The van der Waals surface area contributed by atoms with Crippen LogP contribution in [0.4, 0.5) is 13.2 Å². The summed E-state index contributed by atoms with van der Waals surface area (Å²) in [5.41, 5.74) is 0. The van der Waals surface area contributed by atoms with Gasteiger partial charge in [-0.05, 0) is 6.42 Å². The van der Waals surface area contributed by atoms with Crippen molar-refractivity contribution >= 4 is 0 Å². The van der Waals surface area contributed by atoms with Crippen LogP contribution in [0.2, 0.25) is 0 Å². The highest BCUT2D eigenvalue weighted by atomic mass is 19.4. The van der Waals surface area contributed by atoms with E-state index in [0.717, 1.165) is 6.42 Å². The van der Waals surface area contributed by atoms with E-state index in [-0.39, 0.29) is 6.42 Å². The van der Waals surface area contributed by atoms with Gasteiger partial charge in [0.05, 0.1) is 12.5 Å². The molecule has 0 saturated heterocycles. The zero-order valence-corrected chi connectivity index (χ0v) is 6.49. The molecule has 0 radical (unpaired) electrons. The lowest BCUT2D eigenvalue weighted by Crippen LogP contribution is -2.18. The second-order valence-electron chi connectivity index (χ2n) is 2.62. The van der Waals surface area contributed by atoms with Crippen molar-refractivity contribution in [1.29, 1.82) is 0 Å². The summed E-state index contributed by atoms with van der Waals surface area (Å²) < 4.78 is 34.7. The van der Waals surface area contributed by atoms with Gasteiger partial charge >= 0.3 is 6.18 Å². The Morgan fingerprint density at radius 2 is 1.91 bits per heavy atom. The lowest BCUT2D eigenvalue weighted by atomic mass is 10.1. The Hall–Kier alpha value is -0.250. The van der Waals surface area contributed by atoms with Crippen LogP contribution < -0.4 is 0 Å². The predicted octanol–water partition coefficient (Wildman–Crippen LogP) is 2.49. The van der Waals surface area contributed by atoms with Crippen LogP contribution in [0.5, 0.6) is 0 Å². The molecule has 11 heavy (non-hydrogen) atoms. The van der Waals surface area contributed by atoms with Crippen molar-refractivity contribution in [3.8, 4) is 0 Å². The second kappa shape index (κ2) is 4.59. The van der Waals surface area contributed by atoms with Crippen LogP contribution in [0.25, 0.3) is 0 Å². The second-order valence-corrected chi connectivity index (χ2v) is 2.62. The maximum absolute atomic E-state index is 11.6. The number of aliphatic hydroxyl groups excluding tert-OH is 1. The molecule has 0 amide bonds. The third-order valence-electron chi connectivity index (χ3n) is 1.36. The molecule has 0 aromatic heterocycles. The van der Waals surface area contributed by atoms with E-state index in [1.54, 1.807) is 0 Å². The minimum Gasteiger partial charge on any atom is -0.393 e. The highest BCUT2D eigenvalue weighted by Gasteiger charge is 2.30. The van der Waals surface area contributed by atoms with Gasteiger partial charge in [0, 0.05) is 0 Å². The average molecular weight is 170 g/mol. The number of hydrogen-bond acceptors (Lipinski definition) is 1. The minimum atomic E-state index is -4.23. The summed E-state index contributed by atoms with van der Waals surface area (Å²) in [5.74, 6) is 0. The Morgan fingerprint density at radius 3 is 2.27 bits per heavy atom. The quantitative estimate of drug-likeness (QED) is 0.687. The molecule has 0 aliphatic rings. The zero-order chi connectivity index (χ0) is 8.91. The zero-order valence-electron chi connectivity index (χ0n) is 6.49. The molecule has 68 valence electrons. The molecule has 0 saturated carbocycles. The van der Waals surface area contributed by atoms with Crippen LogP contribution in [0, 0.1) is 0 Å². The van der Waals surface area contributed by atoms with Crippen molar-refractivity contribution in [2.45, 2.75) is 44.9 Å². The fourth-order valence-corrected chi connectivity index (χ4v) is 0.809. The molecule has 0 bridgehead atoms. The van der Waals surface area contributed by atoms with E-state index < -0.39 is 18.7 Å². The first-order chi connectivity index (χ1) is 4.95. The van der Waals surface area contributed by atoms with Crippen molar-refractivity contribution in [2.75, 3.05) is 0 Å². The predicted molar refractivity (Wildman–Crippen MR) is 36.2 cm³/mol. The van der Waals surface area contributed by atoms with E-state index in [2.05, 4.69) is 0 Å². The molecule has 0 heterocycles. The maximum Gasteiger partial charge on any atom is 0.391 e. The van der Waals surface area contributed by atoms with Crippen LogP contribution in [0.3, 0.4) is 0 Å². The van der Waals surface area contributed by atoms with Crippen LogP contribution in [-0.2, 0) is 0 Å². The van der Waals surface area contributed by atoms with Gasteiger partial charge in [0.15, 0.2) is 0 Å². The number of hydrogen-bond donors (Lipinski definition) is 1. The summed E-state index contributed by atoms with van der Waals surface area (Å²) >= 11 is 0. The third-order valence-corrected chi connectivity index (χ3v) is 1.36. The molecule has 0 rings (SSSR count). The minimum absolute atomic E-state index is 0.246. The molecular weight excluding hydrogens is 157 g/mol. The molecule has 0 aliphatic carbocycles. The molecule has 0 fully saturated rings. The standard InChI is InChI=1S/C7H13F3O/c1-2-3-4-6(11)5-7(8,9)10/h6,11H,2-5H2,1H3. The van der Waals surface area contributed by atoms with E-state index >= 15 is 0 Å². The van der Waals surface area contributed by atoms with Gasteiger partial charge in [0.2, 0.25) is 0 Å². The van der Waals surface area contributed by atoms with E-state index in [9.17, 15) is 13.2 Å². The largest absolute Gasteiger partial charge is 0.393 e. The van der Waals surface area contributed by atoms with Crippen molar-refractivity contribution in [1.82, 2.24) is 0 Å². The monoisotopic (exact) mass is 170 g/mol. The van der Waals surface area contributed by atoms with E-state index in [1.807, 2.05) is 6.92 Å². The molecule has 0 aliphatic heterocycles. The molecule has 0 spiro atoms. The molecule has 1 N–H and O–H groups in total. The Balaban J connectivity index is 3.44. The van der Waals surface area contributed by atoms with Crippen LogP contribution in [0.15, 0.2) is 0 Å². The molecule has 1 unspecified atom stereocenters. The number of unbranched alkanes of at least 4 members (excludes halogenated alkanes) is 1. The van der Waals surface area contributed by atoms with Crippen LogP contribution >= 0.6 is 0 Å². The van der Waals surface area contributed by atoms with Crippen LogP contribution in [-0.4, -0.2) is 17.4 Å². The van der Waals surface area contributed by atoms with Crippen molar-refractivity contribution in [3.63, 3.8) is 0 Å². The Bertz CT molecular complexity index is 100. The summed E-state index contributed by atoms with van der Waals surface area (Å²) in [5, 5.41) is 8.80. The van der Waals surface area contributed by atoms with Gasteiger partial charge in [-0.3, -0.25) is 0 Å². The third kappa shape index (κ3) is 7.65. The van der Waals surface area contributed by atoms with Gasteiger partial charge in [-0.25, -0.2) is 0 Å². The fourth-order valence-electron chi connectivity index (χ4n) is 0.809. The maximum atomic E-state index is 11.6. The molecule has 0 aromatic carbocycles. The normalized spacial score (nSPS) is 15.0. The van der Waals surface area contributed by atoms with Crippen molar-refractivity contribution in [3.05, 3.63) is 0 Å². The summed E-state index contributed by atoms with van der Waals surface area (Å²) in [4.78, 5) is 0. The van der Waals surface area contributed by atoms with E-state index in [0.29, 0.717) is 6.42 Å². The Morgan fingerprint density at radius 1 is 1.36 bits per heavy atom. The highest BCUT2D eigenvalue weighted by Crippen LogP contribution is 2.23. The van der Waals surface area contributed by atoms with Gasteiger partial charge in [-0.15, -0.1) is 0 Å². The van der Waals surface area contributed by atoms with Crippen molar-refractivity contribution in [2.24, 2.45) is 0 Å². The molecule has 1 atom stereocenters. The Kier molecular flexibility index (Phi) is 4.49. The summed E-state index contributed by atoms with van der Waals surface area (Å²) in [6, 6.07) is 0. The first-order valence-corrected chi connectivity index (χ1v) is 3.70. The van der Waals surface area contributed by atoms with Crippen LogP contribution in [0.1, 0.15) is 32.6 Å². The number of alkyl halides is 3.